The highest BCUT2D eigenvalue weighted by Gasteiger charge is 2.42. The van der Waals surface area contributed by atoms with Gasteiger partial charge < -0.3 is 25.0 Å². The molecule has 1 aromatic heterocycles. The molecule has 1 fully saturated rings. The zero-order valence-corrected chi connectivity index (χ0v) is 19.2. The van der Waals surface area contributed by atoms with E-state index in [0.29, 0.717) is 13.1 Å². The Morgan fingerprint density at radius 1 is 1.34 bits per heavy atom. The molecule has 0 radical (unpaired) electrons. The average molecular weight is 465 g/mol. The summed E-state index contributed by atoms with van der Waals surface area (Å²) in [5, 5.41) is 7.87. The number of hydrogen-bond acceptors (Lipinski definition) is 6. The number of halogens is 1. The Kier molecular flexibility index (Phi) is 6.53. The summed E-state index contributed by atoms with van der Waals surface area (Å²) in [5.74, 6) is 0. The predicted octanol–water partition coefficient (Wildman–Crippen LogP) is 4.82. The molecule has 2 aromatic rings. The smallest absolute Gasteiger partial charge is 0.410 e. The third kappa shape index (κ3) is 5.51. The Hall–Kier alpha value is -2.06. The van der Waals surface area contributed by atoms with Crippen LogP contribution < -0.4 is 10.6 Å². The summed E-state index contributed by atoms with van der Waals surface area (Å²) in [6.45, 7) is 11.4. The van der Waals surface area contributed by atoms with Gasteiger partial charge in [0.05, 0.1) is 29.6 Å². The number of likely N-dealkylation sites (N-methyl/N-ethyl adjacent to an activating group) is 1. The topological polar surface area (TPSA) is 79.0 Å². The highest BCUT2D eigenvalue weighted by atomic mass is 79.9. The number of rotatable bonds is 7. The number of aromatic nitrogens is 1. The second-order valence-electron chi connectivity index (χ2n) is 8.00. The van der Waals surface area contributed by atoms with Crippen LogP contribution in [-0.4, -0.2) is 53.5 Å². The Morgan fingerprint density at radius 3 is 2.76 bits per heavy atom. The quantitative estimate of drug-likeness (QED) is 0.571. The van der Waals surface area contributed by atoms with Crippen molar-refractivity contribution in [3.05, 3.63) is 28.9 Å². The highest BCUT2D eigenvalue weighted by molar-refractivity contribution is 9.10. The van der Waals surface area contributed by atoms with E-state index in [0.717, 1.165) is 33.3 Å². The van der Waals surface area contributed by atoms with Gasteiger partial charge in [0.1, 0.15) is 11.7 Å². The molecular weight excluding hydrogens is 436 g/mol. The van der Waals surface area contributed by atoms with Gasteiger partial charge in [0.2, 0.25) is 0 Å². The van der Waals surface area contributed by atoms with Crippen molar-refractivity contribution in [3.8, 4) is 0 Å². The molecule has 1 amide bonds. The zero-order valence-electron chi connectivity index (χ0n) is 17.6. The molecule has 0 spiro atoms. The van der Waals surface area contributed by atoms with Gasteiger partial charge in [-0.25, -0.2) is 4.79 Å². The third-order valence-electron chi connectivity index (χ3n) is 4.50. The maximum Gasteiger partial charge on any atom is 0.410 e. The van der Waals surface area contributed by atoms with Crippen molar-refractivity contribution in [2.24, 2.45) is 0 Å². The van der Waals surface area contributed by atoms with Gasteiger partial charge in [0.25, 0.3) is 0 Å². The van der Waals surface area contributed by atoms with Crippen LogP contribution >= 0.6 is 15.9 Å². The Labute approximate surface area is 180 Å². The monoisotopic (exact) mass is 464 g/mol. The van der Waals surface area contributed by atoms with Crippen LogP contribution in [0.15, 0.2) is 28.9 Å². The SMILES string of the molecule is CCNc1c(NC2OC2CN(CC)C(=O)OC(C)(C)C)cnc2cc(Br)ccc12. The first-order valence-electron chi connectivity index (χ1n) is 9.94. The van der Waals surface area contributed by atoms with Crippen molar-refractivity contribution >= 4 is 44.3 Å². The molecule has 2 atom stereocenters. The van der Waals surface area contributed by atoms with Gasteiger partial charge in [-0.15, -0.1) is 0 Å². The lowest BCUT2D eigenvalue weighted by Crippen LogP contribution is -2.39. The number of ether oxygens (including phenoxy) is 2. The number of amides is 1. The van der Waals surface area contributed by atoms with Crippen LogP contribution in [0.25, 0.3) is 10.9 Å². The molecular formula is C21H29BrN4O3. The maximum absolute atomic E-state index is 12.3. The average Bonchev–Trinajstić information content (AvgIpc) is 3.37. The number of nitrogens with one attached hydrogen (secondary N) is 2. The number of nitrogens with zero attached hydrogens (tertiary/aromatic N) is 2. The summed E-state index contributed by atoms with van der Waals surface area (Å²) in [6.07, 6.45) is 1.24. The van der Waals surface area contributed by atoms with Crippen LogP contribution in [0.4, 0.5) is 16.2 Å². The molecule has 7 nitrogen and oxygen atoms in total. The van der Waals surface area contributed by atoms with E-state index in [-0.39, 0.29) is 18.4 Å². The predicted molar refractivity (Wildman–Crippen MR) is 119 cm³/mol. The largest absolute Gasteiger partial charge is 0.444 e. The fourth-order valence-electron chi connectivity index (χ4n) is 3.08. The van der Waals surface area contributed by atoms with Crippen LogP contribution in [0.1, 0.15) is 34.6 Å². The van der Waals surface area contributed by atoms with Gasteiger partial charge in [0, 0.05) is 22.9 Å². The van der Waals surface area contributed by atoms with Gasteiger partial charge in [-0.3, -0.25) is 4.98 Å². The number of fused-ring (bicyclic) bond motifs is 1. The summed E-state index contributed by atoms with van der Waals surface area (Å²) >= 11 is 3.49. The molecule has 1 aromatic carbocycles. The van der Waals surface area contributed by atoms with Gasteiger partial charge in [-0.1, -0.05) is 15.9 Å². The standard InChI is InChI=1S/C21H29BrN4O3/c1-6-23-18-14-9-8-13(22)10-15(14)24-11-16(18)25-19-17(28-19)12-26(7-2)20(27)29-21(3,4)5/h8-11,17,19,25H,6-7,12H2,1-5H3,(H,23,24). The Balaban J connectivity index is 1.68. The highest BCUT2D eigenvalue weighted by Crippen LogP contribution is 2.34. The van der Waals surface area contributed by atoms with E-state index < -0.39 is 5.60 Å². The molecule has 0 bridgehead atoms. The normalized spacial score (nSPS) is 18.4. The van der Waals surface area contributed by atoms with Crippen LogP contribution in [0.2, 0.25) is 0 Å². The molecule has 1 saturated heterocycles. The fraction of sp³-hybridized carbons (Fsp3) is 0.524. The van der Waals surface area contributed by atoms with Crippen molar-refractivity contribution in [1.82, 2.24) is 9.88 Å². The third-order valence-corrected chi connectivity index (χ3v) is 4.99. The van der Waals surface area contributed by atoms with Gasteiger partial charge in [-0.05, 0) is 52.8 Å². The first kappa shape index (κ1) is 21.6. The number of benzene rings is 1. The number of epoxide rings is 1. The molecule has 2 heterocycles. The van der Waals surface area contributed by atoms with Crippen molar-refractivity contribution in [2.75, 3.05) is 30.3 Å². The lowest BCUT2D eigenvalue weighted by atomic mass is 10.1. The first-order chi connectivity index (χ1) is 13.7. The molecule has 2 N–H and O–H groups in total. The van der Waals surface area contributed by atoms with Crippen LogP contribution in [0.3, 0.4) is 0 Å². The van der Waals surface area contributed by atoms with Crippen molar-refractivity contribution < 1.29 is 14.3 Å². The molecule has 1 aliphatic rings. The second-order valence-corrected chi connectivity index (χ2v) is 8.91. The van der Waals surface area contributed by atoms with Gasteiger partial charge in [-0.2, -0.15) is 0 Å². The zero-order chi connectivity index (χ0) is 21.2. The van der Waals surface area contributed by atoms with E-state index in [1.54, 1.807) is 4.90 Å². The maximum atomic E-state index is 12.3. The van der Waals surface area contributed by atoms with E-state index in [9.17, 15) is 4.79 Å². The molecule has 2 unspecified atom stereocenters. The van der Waals surface area contributed by atoms with E-state index in [4.69, 9.17) is 9.47 Å². The number of carbonyl (C=O) groups is 1. The molecule has 3 rings (SSSR count). The minimum Gasteiger partial charge on any atom is -0.444 e. The van der Waals surface area contributed by atoms with E-state index in [1.807, 2.05) is 52.1 Å². The van der Waals surface area contributed by atoms with E-state index in [1.165, 1.54) is 0 Å². The fourth-order valence-corrected chi connectivity index (χ4v) is 3.43. The summed E-state index contributed by atoms with van der Waals surface area (Å²) in [6, 6.07) is 6.05. The van der Waals surface area contributed by atoms with E-state index in [2.05, 4.69) is 38.5 Å². The number of anilines is 2. The summed E-state index contributed by atoms with van der Waals surface area (Å²) in [4.78, 5) is 18.6. The second kappa shape index (κ2) is 8.75. The molecule has 1 aliphatic heterocycles. The Morgan fingerprint density at radius 2 is 2.10 bits per heavy atom. The minimum atomic E-state index is -0.515. The van der Waals surface area contributed by atoms with Crippen molar-refractivity contribution in [2.45, 2.75) is 52.6 Å². The minimum absolute atomic E-state index is 0.0856. The lowest BCUT2D eigenvalue weighted by molar-refractivity contribution is 0.0248. The van der Waals surface area contributed by atoms with Gasteiger partial charge in [0.15, 0.2) is 6.23 Å². The first-order valence-corrected chi connectivity index (χ1v) is 10.7. The summed E-state index contributed by atoms with van der Waals surface area (Å²) < 4.78 is 12.2. The number of carbonyl (C=O) groups excluding carboxylic acids is 1. The van der Waals surface area contributed by atoms with Gasteiger partial charge >= 0.3 is 6.09 Å². The molecule has 158 valence electrons. The molecule has 8 heteroatoms. The molecule has 0 aliphatic carbocycles. The summed E-state index contributed by atoms with van der Waals surface area (Å²) in [5.41, 5.74) is 2.28. The van der Waals surface area contributed by atoms with Crippen LogP contribution in [-0.2, 0) is 9.47 Å². The lowest BCUT2D eigenvalue weighted by Gasteiger charge is -2.26. The Bertz CT molecular complexity index is 884. The van der Waals surface area contributed by atoms with E-state index >= 15 is 0 Å². The molecule has 29 heavy (non-hydrogen) atoms. The number of hydrogen-bond donors (Lipinski definition) is 2. The van der Waals surface area contributed by atoms with Crippen molar-refractivity contribution in [1.29, 1.82) is 0 Å². The van der Waals surface area contributed by atoms with Crippen LogP contribution in [0, 0.1) is 0 Å². The molecule has 0 saturated carbocycles. The van der Waals surface area contributed by atoms with Crippen LogP contribution in [0.5, 0.6) is 0 Å². The number of pyridine rings is 1. The van der Waals surface area contributed by atoms with Crippen molar-refractivity contribution in [3.63, 3.8) is 0 Å². The summed E-state index contributed by atoms with van der Waals surface area (Å²) in [7, 11) is 0.